The third-order valence-corrected chi connectivity index (χ3v) is 3.98. The fraction of sp³-hybridized carbons (Fsp3) is 0.786. The zero-order valence-corrected chi connectivity index (χ0v) is 12.5. The summed E-state index contributed by atoms with van der Waals surface area (Å²) in [6.07, 6.45) is 4.35. The number of hydrogen-bond acceptors (Lipinski definition) is 3. The Morgan fingerprint density at radius 2 is 1.85 bits per heavy atom. The van der Waals surface area contributed by atoms with Gasteiger partial charge in [-0.2, -0.15) is 0 Å². The average Bonchev–Trinajstić information content (AvgIpc) is 2.37. The van der Waals surface area contributed by atoms with Crippen molar-refractivity contribution >= 4 is 17.8 Å². The van der Waals surface area contributed by atoms with Crippen LogP contribution in [-0.4, -0.2) is 58.4 Å². The van der Waals surface area contributed by atoms with Crippen molar-refractivity contribution in [1.29, 1.82) is 0 Å². The summed E-state index contributed by atoms with van der Waals surface area (Å²) in [4.78, 5) is 38.0. The van der Waals surface area contributed by atoms with Gasteiger partial charge in [0.15, 0.2) is 0 Å². The molecule has 2 amide bonds. The second kappa shape index (κ2) is 6.72. The zero-order chi connectivity index (χ0) is 15.3. The number of likely N-dealkylation sites (N-methyl/N-ethyl adjacent to an activating group) is 1. The van der Waals surface area contributed by atoms with Gasteiger partial charge >= 0.3 is 5.97 Å². The lowest BCUT2D eigenvalue weighted by molar-refractivity contribution is -0.156. The lowest BCUT2D eigenvalue weighted by atomic mass is 10.0. The monoisotopic (exact) mass is 284 g/mol. The molecule has 0 bridgehead atoms. The fourth-order valence-corrected chi connectivity index (χ4v) is 2.11. The molecule has 1 aliphatic rings. The minimum atomic E-state index is -1.27. The maximum atomic E-state index is 12.2. The lowest BCUT2D eigenvalue weighted by Gasteiger charge is -2.34. The molecule has 0 radical (unpaired) electrons. The van der Waals surface area contributed by atoms with E-state index in [9.17, 15) is 14.4 Å². The first kappa shape index (κ1) is 16.5. The maximum Gasteiger partial charge on any atom is 0.329 e. The van der Waals surface area contributed by atoms with Crippen LogP contribution < -0.4 is 0 Å². The molecule has 6 heteroatoms. The molecule has 0 aliphatic carbocycles. The van der Waals surface area contributed by atoms with E-state index in [1.54, 1.807) is 4.90 Å². The Bertz CT molecular complexity index is 393. The van der Waals surface area contributed by atoms with Crippen molar-refractivity contribution in [3.63, 3.8) is 0 Å². The topological polar surface area (TPSA) is 77.9 Å². The van der Waals surface area contributed by atoms with E-state index >= 15 is 0 Å². The van der Waals surface area contributed by atoms with Gasteiger partial charge < -0.3 is 14.9 Å². The number of carboxylic acids is 1. The molecule has 0 spiro atoms. The van der Waals surface area contributed by atoms with Crippen LogP contribution in [0.3, 0.4) is 0 Å². The van der Waals surface area contributed by atoms with Crippen LogP contribution in [0.4, 0.5) is 0 Å². The summed E-state index contributed by atoms with van der Waals surface area (Å²) < 4.78 is 0. The molecule has 1 N–H and O–H groups in total. The van der Waals surface area contributed by atoms with E-state index in [1.807, 2.05) is 0 Å². The molecular weight excluding hydrogens is 260 g/mol. The van der Waals surface area contributed by atoms with Crippen molar-refractivity contribution < 1.29 is 19.5 Å². The number of nitrogens with zero attached hydrogens (tertiary/aromatic N) is 2. The van der Waals surface area contributed by atoms with Crippen molar-refractivity contribution in [2.45, 2.75) is 51.5 Å². The van der Waals surface area contributed by atoms with Crippen LogP contribution in [0.5, 0.6) is 0 Å². The van der Waals surface area contributed by atoms with Gasteiger partial charge in [0, 0.05) is 20.0 Å². The van der Waals surface area contributed by atoms with Gasteiger partial charge in [-0.3, -0.25) is 9.59 Å². The quantitative estimate of drug-likeness (QED) is 0.838. The first-order valence-electron chi connectivity index (χ1n) is 7.04. The van der Waals surface area contributed by atoms with Gasteiger partial charge in [-0.1, -0.05) is 12.8 Å². The minimum absolute atomic E-state index is 0.0143. The highest BCUT2D eigenvalue weighted by Crippen LogP contribution is 2.15. The Morgan fingerprint density at radius 3 is 2.45 bits per heavy atom. The molecule has 1 fully saturated rings. The van der Waals surface area contributed by atoms with Gasteiger partial charge in [-0.05, 0) is 26.7 Å². The molecular formula is C14H24N2O4. The van der Waals surface area contributed by atoms with Gasteiger partial charge in [0.1, 0.15) is 5.54 Å². The molecule has 0 atom stereocenters. The summed E-state index contributed by atoms with van der Waals surface area (Å²) in [7, 11) is 1.46. The number of likely N-dealkylation sites (tertiary alicyclic amines) is 1. The summed E-state index contributed by atoms with van der Waals surface area (Å²) in [5.41, 5.74) is -1.27. The molecule has 1 heterocycles. The Balaban J connectivity index is 2.68. The number of aliphatic carboxylic acids is 1. The molecule has 0 aromatic heterocycles. The van der Waals surface area contributed by atoms with Crippen LogP contribution in [0.2, 0.25) is 0 Å². The predicted octanol–water partition coefficient (Wildman–Crippen LogP) is 1.10. The highest BCUT2D eigenvalue weighted by molar-refractivity contribution is 5.89. The van der Waals surface area contributed by atoms with E-state index in [1.165, 1.54) is 25.8 Å². The molecule has 0 aromatic carbocycles. The van der Waals surface area contributed by atoms with Crippen LogP contribution in [0, 0.1) is 0 Å². The Hall–Kier alpha value is -1.59. The van der Waals surface area contributed by atoms with Gasteiger partial charge in [-0.15, -0.1) is 0 Å². The normalized spacial score (nSPS) is 17.4. The molecule has 114 valence electrons. The second-order valence-corrected chi connectivity index (χ2v) is 5.80. The summed E-state index contributed by atoms with van der Waals surface area (Å²) >= 11 is 0. The molecule has 1 rings (SSSR count). The number of hydrogen-bond donors (Lipinski definition) is 1. The SMILES string of the molecule is CN(C(=O)CN1CCCCCCC1=O)C(C)(C)C(=O)O. The first-order valence-corrected chi connectivity index (χ1v) is 7.04. The molecule has 20 heavy (non-hydrogen) atoms. The van der Waals surface area contributed by atoms with E-state index in [0.717, 1.165) is 25.7 Å². The number of rotatable bonds is 4. The van der Waals surface area contributed by atoms with E-state index in [4.69, 9.17) is 5.11 Å². The summed E-state index contributed by atoms with van der Waals surface area (Å²) in [6.45, 7) is 3.49. The summed E-state index contributed by atoms with van der Waals surface area (Å²) in [5.74, 6) is -1.42. The Morgan fingerprint density at radius 1 is 1.25 bits per heavy atom. The van der Waals surface area contributed by atoms with E-state index in [-0.39, 0.29) is 18.4 Å². The van der Waals surface area contributed by atoms with Crippen molar-refractivity contribution in [3.8, 4) is 0 Å². The molecule has 6 nitrogen and oxygen atoms in total. The van der Waals surface area contributed by atoms with Crippen LogP contribution in [0.15, 0.2) is 0 Å². The van der Waals surface area contributed by atoms with E-state index in [0.29, 0.717) is 13.0 Å². The molecule has 0 unspecified atom stereocenters. The van der Waals surface area contributed by atoms with Gasteiger partial charge in [0.25, 0.3) is 0 Å². The first-order chi connectivity index (χ1) is 9.26. The Kier molecular flexibility index (Phi) is 5.53. The molecule has 1 saturated heterocycles. The van der Waals surface area contributed by atoms with E-state index in [2.05, 4.69) is 0 Å². The third kappa shape index (κ3) is 3.95. The van der Waals surface area contributed by atoms with Crippen LogP contribution in [0.25, 0.3) is 0 Å². The smallest absolute Gasteiger partial charge is 0.329 e. The zero-order valence-electron chi connectivity index (χ0n) is 12.5. The average molecular weight is 284 g/mol. The highest BCUT2D eigenvalue weighted by atomic mass is 16.4. The second-order valence-electron chi connectivity index (χ2n) is 5.80. The number of carbonyl (C=O) groups excluding carboxylic acids is 2. The summed E-state index contributed by atoms with van der Waals surface area (Å²) in [6, 6.07) is 0. The van der Waals surface area contributed by atoms with Crippen LogP contribution >= 0.6 is 0 Å². The van der Waals surface area contributed by atoms with Crippen molar-refractivity contribution in [2.75, 3.05) is 20.1 Å². The van der Waals surface area contributed by atoms with Crippen molar-refractivity contribution in [1.82, 2.24) is 9.80 Å². The fourth-order valence-electron chi connectivity index (χ4n) is 2.11. The van der Waals surface area contributed by atoms with Crippen LogP contribution in [0.1, 0.15) is 46.0 Å². The van der Waals surface area contributed by atoms with Crippen molar-refractivity contribution in [2.24, 2.45) is 0 Å². The standard InChI is InChI=1S/C14H24N2O4/c1-14(2,13(19)20)15(3)12(18)10-16-9-7-5-4-6-8-11(16)17/h4-10H2,1-3H3,(H,19,20). The van der Waals surface area contributed by atoms with Gasteiger partial charge in [0.05, 0.1) is 6.54 Å². The molecule has 0 aromatic rings. The third-order valence-electron chi connectivity index (χ3n) is 3.98. The van der Waals surface area contributed by atoms with Gasteiger partial charge in [-0.25, -0.2) is 4.79 Å². The number of carbonyl (C=O) groups is 3. The van der Waals surface area contributed by atoms with E-state index < -0.39 is 11.5 Å². The lowest BCUT2D eigenvalue weighted by Crippen LogP contribution is -2.54. The predicted molar refractivity (Wildman–Crippen MR) is 74.1 cm³/mol. The highest BCUT2D eigenvalue weighted by Gasteiger charge is 2.35. The molecule has 0 saturated carbocycles. The number of carboxylic acid groups (broad SMARTS) is 1. The largest absolute Gasteiger partial charge is 0.480 e. The Labute approximate surface area is 119 Å². The summed E-state index contributed by atoms with van der Waals surface area (Å²) in [5, 5.41) is 9.13. The maximum absolute atomic E-state index is 12.2. The number of amides is 2. The molecule has 1 aliphatic heterocycles. The van der Waals surface area contributed by atoms with Gasteiger partial charge in [0.2, 0.25) is 11.8 Å². The van der Waals surface area contributed by atoms with Crippen molar-refractivity contribution in [3.05, 3.63) is 0 Å². The van der Waals surface area contributed by atoms with Crippen LogP contribution in [-0.2, 0) is 14.4 Å². The minimum Gasteiger partial charge on any atom is -0.480 e.